The third kappa shape index (κ3) is 7.62. The summed E-state index contributed by atoms with van der Waals surface area (Å²) in [7, 11) is 1.67. The molecule has 3 rings (SSSR count). The first-order chi connectivity index (χ1) is 13.5. The zero-order chi connectivity index (χ0) is 21.7. The van der Waals surface area contributed by atoms with Crippen LogP contribution in [0.4, 0.5) is 26.3 Å². The highest BCUT2D eigenvalue weighted by Gasteiger charge is 2.31. The molecule has 1 fully saturated rings. The SMILES string of the molecule is CNSc1ccc(C(F)(F)F)cc1Cl.FC(F)(F)c1cccc(SC2CCC2)c1. The molecule has 1 aliphatic carbocycles. The van der Waals surface area contributed by atoms with Crippen molar-refractivity contribution in [3.63, 3.8) is 0 Å². The van der Waals surface area contributed by atoms with Crippen LogP contribution in [0.3, 0.4) is 0 Å². The molecule has 0 amide bonds. The zero-order valence-electron chi connectivity index (χ0n) is 15.2. The molecule has 1 aliphatic rings. The summed E-state index contributed by atoms with van der Waals surface area (Å²) in [6, 6.07) is 8.84. The van der Waals surface area contributed by atoms with Crippen molar-refractivity contribution < 1.29 is 26.3 Å². The highest BCUT2D eigenvalue weighted by Crippen LogP contribution is 2.38. The van der Waals surface area contributed by atoms with E-state index >= 15 is 0 Å². The van der Waals surface area contributed by atoms with E-state index in [1.54, 1.807) is 24.9 Å². The van der Waals surface area contributed by atoms with Gasteiger partial charge in [0, 0.05) is 15.0 Å². The van der Waals surface area contributed by atoms with Crippen LogP contribution >= 0.6 is 35.3 Å². The smallest absolute Gasteiger partial charge is 0.263 e. The van der Waals surface area contributed by atoms with Crippen molar-refractivity contribution in [3.05, 3.63) is 58.6 Å². The van der Waals surface area contributed by atoms with Crippen LogP contribution in [-0.4, -0.2) is 12.3 Å². The predicted octanol–water partition coefficient (Wildman–Crippen LogP) is 7.94. The Hall–Kier alpha value is -1.03. The fourth-order valence-electron chi connectivity index (χ4n) is 2.30. The minimum atomic E-state index is -4.34. The van der Waals surface area contributed by atoms with Gasteiger partial charge in [-0.15, -0.1) is 11.8 Å². The number of benzene rings is 2. The molecule has 2 aromatic carbocycles. The zero-order valence-corrected chi connectivity index (χ0v) is 17.6. The number of rotatable bonds is 4. The molecule has 0 atom stereocenters. The van der Waals surface area contributed by atoms with Gasteiger partial charge in [0.1, 0.15) is 0 Å². The average molecular weight is 474 g/mol. The second-order valence-corrected chi connectivity index (χ2v) is 8.98. The fraction of sp³-hybridized carbons (Fsp3) is 0.368. The molecule has 2 aromatic rings. The molecule has 0 spiro atoms. The summed E-state index contributed by atoms with van der Waals surface area (Å²) < 4.78 is 76.5. The minimum absolute atomic E-state index is 0.0965. The number of hydrogen-bond donors (Lipinski definition) is 1. The van der Waals surface area contributed by atoms with Crippen molar-refractivity contribution in [1.82, 2.24) is 4.72 Å². The molecule has 0 aromatic heterocycles. The van der Waals surface area contributed by atoms with Crippen LogP contribution < -0.4 is 4.72 Å². The Balaban J connectivity index is 0.000000208. The lowest BCUT2D eigenvalue weighted by molar-refractivity contribution is -0.138. The van der Waals surface area contributed by atoms with Gasteiger partial charge >= 0.3 is 12.4 Å². The van der Waals surface area contributed by atoms with E-state index in [0.717, 1.165) is 35.9 Å². The summed E-state index contributed by atoms with van der Waals surface area (Å²) in [6.07, 6.45) is -5.11. The maximum absolute atomic E-state index is 12.4. The van der Waals surface area contributed by atoms with Gasteiger partial charge in [-0.25, -0.2) is 0 Å². The first-order valence-electron chi connectivity index (χ1n) is 8.55. The van der Waals surface area contributed by atoms with Gasteiger partial charge in [0.15, 0.2) is 0 Å². The second kappa shape index (κ2) is 10.3. The van der Waals surface area contributed by atoms with E-state index < -0.39 is 23.5 Å². The van der Waals surface area contributed by atoms with Gasteiger partial charge in [0.2, 0.25) is 0 Å². The van der Waals surface area contributed by atoms with E-state index in [4.69, 9.17) is 11.6 Å². The number of halogens is 7. The van der Waals surface area contributed by atoms with Crippen molar-refractivity contribution in [2.24, 2.45) is 0 Å². The Kier molecular flexibility index (Phi) is 8.63. The molecule has 10 heteroatoms. The Morgan fingerprint density at radius 3 is 2.03 bits per heavy atom. The largest absolute Gasteiger partial charge is 0.416 e. The Labute approximate surface area is 178 Å². The molecule has 160 valence electrons. The molecular formula is C19H18ClF6NS2. The summed E-state index contributed by atoms with van der Waals surface area (Å²) in [4.78, 5) is 1.30. The summed E-state index contributed by atoms with van der Waals surface area (Å²) >= 11 is 8.39. The van der Waals surface area contributed by atoms with E-state index in [0.29, 0.717) is 10.1 Å². The first kappa shape index (κ1) is 24.2. The van der Waals surface area contributed by atoms with Gasteiger partial charge in [-0.2, -0.15) is 26.3 Å². The van der Waals surface area contributed by atoms with Crippen LogP contribution in [0.25, 0.3) is 0 Å². The van der Waals surface area contributed by atoms with Crippen molar-refractivity contribution in [2.75, 3.05) is 7.05 Å². The van der Waals surface area contributed by atoms with Crippen molar-refractivity contribution in [1.29, 1.82) is 0 Å². The third-order valence-corrected chi connectivity index (χ3v) is 6.52. The third-order valence-electron chi connectivity index (χ3n) is 3.99. The fourth-order valence-corrected chi connectivity index (χ4v) is 4.41. The standard InChI is InChI=1S/C11H11F3S.C8H7ClF3NS/c12-11(13,14)8-3-1-6-10(7-8)15-9-4-2-5-9;1-13-14-7-3-2-5(4-6(7)9)8(10,11)12/h1,3,6-7,9H,2,4-5H2;2-4,13H,1H3. The van der Waals surface area contributed by atoms with Crippen molar-refractivity contribution in [3.8, 4) is 0 Å². The lowest BCUT2D eigenvalue weighted by Gasteiger charge is -2.24. The Bertz CT molecular complexity index is 806. The van der Waals surface area contributed by atoms with Crippen LogP contribution in [0.5, 0.6) is 0 Å². The Morgan fingerprint density at radius 1 is 0.931 bits per heavy atom. The maximum Gasteiger partial charge on any atom is 0.416 e. The van der Waals surface area contributed by atoms with E-state index in [9.17, 15) is 26.3 Å². The highest BCUT2D eigenvalue weighted by atomic mass is 35.5. The molecule has 1 N–H and O–H groups in total. The monoisotopic (exact) mass is 473 g/mol. The molecule has 1 saturated carbocycles. The first-order valence-corrected chi connectivity index (χ1v) is 10.6. The van der Waals surface area contributed by atoms with Crippen LogP contribution in [0.2, 0.25) is 5.02 Å². The lowest BCUT2D eigenvalue weighted by atomic mass is 10.00. The van der Waals surface area contributed by atoms with Gasteiger partial charge in [-0.3, -0.25) is 4.72 Å². The van der Waals surface area contributed by atoms with Crippen LogP contribution in [0.1, 0.15) is 30.4 Å². The quantitative estimate of drug-likeness (QED) is 0.357. The average Bonchev–Trinajstić information content (AvgIpc) is 2.59. The van der Waals surface area contributed by atoms with E-state index in [1.807, 2.05) is 0 Å². The van der Waals surface area contributed by atoms with Crippen LogP contribution in [-0.2, 0) is 12.4 Å². The predicted molar refractivity (Wildman–Crippen MR) is 106 cm³/mol. The molecule has 0 radical (unpaired) electrons. The van der Waals surface area contributed by atoms with Crippen LogP contribution in [0, 0.1) is 0 Å². The Morgan fingerprint density at radius 2 is 1.55 bits per heavy atom. The van der Waals surface area contributed by atoms with Crippen molar-refractivity contribution in [2.45, 2.75) is 46.7 Å². The molecule has 0 saturated heterocycles. The minimum Gasteiger partial charge on any atom is -0.263 e. The number of thioether (sulfide) groups is 1. The van der Waals surface area contributed by atoms with Gasteiger partial charge in [0.25, 0.3) is 0 Å². The summed E-state index contributed by atoms with van der Waals surface area (Å²) in [6.45, 7) is 0. The second-order valence-electron chi connectivity index (χ2n) is 6.15. The van der Waals surface area contributed by atoms with Gasteiger partial charge in [0.05, 0.1) is 16.1 Å². The van der Waals surface area contributed by atoms with Gasteiger partial charge < -0.3 is 0 Å². The molecule has 1 nitrogen and oxygen atoms in total. The lowest BCUT2D eigenvalue weighted by Crippen LogP contribution is -2.13. The summed E-state index contributed by atoms with van der Waals surface area (Å²) in [5.41, 5.74) is -1.28. The maximum atomic E-state index is 12.4. The van der Waals surface area contributed by atoms with Crippen LogP contribution in [0.15, 0.2) is 52.3 Å². The van der Waals surface area contributed by atoms with Crippen molar-refractivity contribution >= 4 is 35.3 Å². The summed E-state index contributed by atoms with van der Waals surface area (Å²) in [5.74, 6) is 0. The normalized spacial score (nSPS) is 14.8. The molecule has 0 aliphatic heterocycles. The molecule has 0 unspecified atom stereocenters. The van der Waals surface area contributed by atoms with E-state index in [2.05, 4.69) is 4.72 Å². The number of nitrogens with one attached hydrogen (secondary N) is 1. The molecule has 0 bridgehead atoms. The van der Waals surface area contributed by atoms with E-state index in [-0.39, 0.29) is 5.02 Å². The highest BCUT2D eigenvalue weighted by molar-refractivity contribution is 8.00. The number of alkyl halides is 6. The number of hydrogen-bond acceptors (Lipinski definition) is 3. The van der Waals surface area contributed by atoms with Gasteiger partial charge in [-0.1, -0.05) is 24.1 Å². The molecular weight excluding hydrogens is 456 g/mol. The molecule has 0 heterocycles. The molecule has 29 heavy (non-hydrogen) atoms. The summed E-state index contributed by atoms with van der Waals surface area (Å²) in [5, 5.41) is 0.618. The van der Waals surface area contributed by atoms with E-state index in [1.165, 1.54) is 36.6 Å². The topological polar surface area (TPSA) is 12.0 Å². The van der Waals surface area contributed by atoms with Gasteiger partial charge in [-0.05, 0) is 68.2 Å².